The average molecular weight is 448 g/mol. The molecule has 10 heteroatoms. The standard InChI is InChI=1S/C21H29N5O4S/c1-11-16(12(2)25(23-11)8-6-15(27)28)18-17-19(22-13(3)31-18)26(24-20(17)29)14-7-9-30-21(4,5)10-14/h14,18H,6-10H2,1-5H3,(H,24,29)(H,27,28)/t14-,18+/m0/s1. The molecule has 2 N–H and O–H groups in total. The molecule has 2 aliphatic heterocycles. The lowest BCUT2D eigenvalue weighted by Gasteiger charge is -2.36. The molecular formula is C21H29N5O4S. The minimum Gasteiger partial charge on any atom is -0.481 e. The molecule has 4 rings (SSSR count). The van der Waals surface area contributed by atoms with Gasteiger partial charge < -0.3 is 9.84 Å². The van der Waals surface area contributed by atoms with E-state index in [0.29, 0.717) is 24.5 Å². The zero-order valence-corrected chi connectivity index (χ0v) is 19.4. The number of hydrogen-bond donors (Lipinski definition) is 2. The van der Waals surface area contributed by atoms with Gasteiger partial charge in [-0.15, -0.1) is 0 Å². The van der Waals surface area contributed by atoms with E-state index in [4.69, 9.17) is 14.8 Å². The fourth-order valence-electron chi connectivity index (χ4n) is 4.61. The minimum absolute atomic E-state index is 0.00143. The van der Waals surface area contributed by atoms with E-state index in [2.05, 4.69) is 24.0 Å². The molecule has 168 valence electrons. The lowest BCUT2D eigenvalue weighted by atomic mass is 9.94. The topological polar surface area (TPSA) is 114 Å². The zero-order valence-electron chi connectivity index (χ0n) is 18.6. The number of nitrogens with one attached hydrogen (secondary N) is 1. The molecule has 2 aromatic rings. The summed E-state index contributed by atoms with van der Waals surface area (Å²) in [5.74, 6) is -0.176. The first kappa shape index (κ1) is 21.9. The first-order valence-corrected chi connectivity index (χ1v) is 11.4. The fraction of sp³-hybridized carbons (Fsp3) is 0.619. The van der Waals surface area contributed by atoms with E-state index in [1.54, 1.807) is 16.4 Å². The van der Waals surface area contributed by atoms with Crippen molar-refractivity contribution in [3.8, 4) is 0 Å². The zero-order chi connectivity index (χ0) is 22.5. The fourth-order valence-corrected chi connectivity index (χ4v) is 5.88. The Labute approximate surface area is 184 Å². The van der Waals surface area contributed by atoms with Crippen molar-refractivity contribution in [3.05, 3.63) is 32.9 Å². The molecule has 0 bridgehead atoms. The third-order valence-electron chi connectivity index (χ3n) is 6.02. The van der Waals surface area contributed by atoms with Crippen LogP contribution in [0.2, 0.25) is 0 Å². The maximum absolute atomic E-state index is 13.1. The van der Waals surface area contributed by atoms with Crippen LogP contribution in [-0.4, -0.2) is 47.9 Å². The molecule has 2 atom stereocenters. The predicted molar refractivity (Wildman–Crippen MR) is 120 cm³/mol. The molecule has 0 aromatic carbocycles. The van der Waals surface area contributed by atoms with Crippen LogP contribution < -0.4 is 5.56 Å². The number of carbonyl (C=O) groups is 1. The van der Waals surface area contributed by atoms with Crippen LogP contribution >= 0.6 is 11.8 Å². The SMILES string of the molecule is CC1=Nc2c(c(=O)[nH]n2[C@H]2CCOC(C)(C)C2)[C@@H](c2c(C)nn(CCC(=O)O)c2C)S1. The third kappa shape index (κ3) is 4.10. The van der Waals surface area contributed by atoms with Gasteiger partial charge in [-0.3, -0.25) is 24.1 Å². The number of aliphatic imine (C=N–C) groups is 1. The van der Waals surface area contributed by atoms with Crippen molar-refractivity contribution in [2.24, 2.45) is 4.99 Å². The molecule has 0 radical (unpaired) electrons. The largest absolute Gasteiger partial charge is 0.481 e. The number of aromatic amines is 1. The molecule has 1 saturated heterocycles. The van der Waals surface area contributed by atoms with Crippen molar-refractivity contribution in [1.29, 1.82) is 0 Å². The number of H-pyrrole nitrogens is 1. The van der Waals surface area contributed by atoms with Crippen molar-refractivity contribution >= 4 is 28.6 Å². The van der Waals surface area contributed by atoms with E-state index in [1.165, 1.54) is 0 Å². The number of ether oxygens (including phenoxy) is 1. The van der Waals surface area contributed by atoms with Gasteiger partial charge in [0.25, 0.3) is 5.56 Å². The molecule has 0 spiro atoms. The van der Waals surface area contributed by atoms with E-state index in [1.807, 2.05) is 25.5 Å². The Kier molecular flexibility index (Phi) is 5.63. The van der Waals surface area contributed by atoms with Crippen LogP contribution in [0.5, 0.6) is 0 Å². The number of hydrogen-bond acceptors (Lipinski definition) is 6. The van der Waals surface area contributed by atoms with Gasteiger partial charge in [-0.05, 0) is 47.5 Å². The molecule has 0 unspecified atom stereocenters. The molecule has 9 nitrogen and oxygen atoms in total. The summed E-state index contributed by atoms with van der Waals surface area (Å²) in [5, 5.41) is 17.3. The lowest BCUT2D eigenvalue weighted by Crippen LogP contribution is -2.35. The van der Waals surface area contributed by atoms with Gasteiger partial charge in [-0.1, -0.05) is 11.8 Å². The molecule has 1 fully saturated rings. The summed E-state index contributed by atoms with van der Waals surface area (Å²) in [4.78, 5) is 28.9. The summed E-state index contributed by atoms with van der Waals surface area (Å²) in [6, 6.07) is 0.112. The Balaban J connectivity index is 1.77. The highest BCUT2D eigenvalue weighted by Gasteiger charge is 2.37. The number of aryl methyl sites for hydroxylation is 2. The second kappa shape index (κ2) is 7.98. The molecule has 31 heavy (non-hydrogen) atoms. The van der Waals surface area contributed by atoms with Gasteiger partial charge in [0.1, 0.15) is 0 Å². The Bertz CT molecular complexity index is 1110. The molecular weight excluding hydrogens is 418 g/mol. The van der Waals surface area contributed by atoms with Gasteiger partial charge in [0, 0.05) is 17.9 Å². The summed E-state index contributed by atoms with van der Waals surface area (Å²) in [7, 11) is 0. The maximum atomic E-state index is 13.1. The highest BCUT2D eigenvalue weighted by molar-refractivity contribution is 8.14. The monoisotopic (exact) mass is 447 g/mol. The molecule has 0 amide bonds. The van der Waals surface area contributed by atoms with E-state index >= 15 is 0 Å². The van der Waals surface area contributed by atoms with Gasteiger partial charge in [-0.2, -0.15) is 5.10 Å². The first-order chi connectivity index (χ1) is 14.6. The summed E-state index contributed by atoms with van der Waals surface area (Å²) < 4.78 is 9.51. The smallest absolute Gasteiger partial charge is 0.305 e. The van der Waals surface area contributed by atoms with Crippen molar-refractivity contribution < 1.29 is 14.6 Å². The van der Waals surface area contributed by atoms with Crippen molar-refractivity contribution in [2.75, 3.05) is 6.61 Å². The van der Waals surface area contributed by atoms with E-state index in [0.717, 1.165) is 34.8 Å². The molecule has 4 heterocycles. The number of aromatic nitrogens is 4. The van der Waals surface area contributed by atoms with Crippen LogP contribution in [0, 0.1) is 13.8 Å². The van der Waals surface area contributed by atoms with Gasteiger partial charge in [0.05, 0.1) is 46.2 Å². The van der Waals surface area contributed by atoms with Gasteiger partial charge in [-0.25, -0.2) is 4.99 Å². The van der Waals surface area contributed by atoms with Crippen LogP contribution in [0.15, 0.2) is 9.79 Å². The number of fused-ring (bicyclic) bond motifs is 1. The second-order valence-corrected chi connectivity index (χ2v) is 10.2. The Hall–Kier alpha value is -2.33. The quantitative estimate of drug-likeness (QED) is 0.725. The van der Waals surface area contributed by atoms with Crippen molar-refractivity contribution in [1.82, 2.24) is 19.6 Å². The number of carboxylic acids is 1. The maximum Gasteiger partial charge on any atom is 0.305 e. The highest BCUT2D eigenvalue weighted by Crippen LogP contribution is 2.47. The summed E-state index contributed by atoms with van der Waals surface area (Å²) in [5.41, 5.74) is 2.91. The number of rotatable bonds is 5. The second-order valence-electron chi connectivity index (χ2n) is 8.88. The van der Waals surface area contributed by atoms with Crippen LogP contribution in [0.3, 0.4) is 0 Å². The Morgan fingerprint density at radius 3 is 2.74 bits per heavy atom. The summed E-state index contributed by atoms with van der Waals surface area (Å²) >= 11 is 1.54. The van der Waals surface area contributed by atoms with Crippen molar-refractivity contribution in [3.63, 3.8) is 0 Å². The molecule has 0 saturated carbocycles. The van der Waals surface area contributed by atoms with E-state index < -0.39 is 5.97 Å². The summed E-state index contributed by atoms with van der Waals surface area (Å²) in [6.45, 7) is 10.9. The highest BCUT2D eigenvalue weighted by atomic mass is 32.2. The number of thioether (sulfide) groups is 1. The minimum atomic E-state index is -0.862. The number of nitrogens with zero attached hydrogens (tertiary/aromatic N) is 4. The van der Waals surface area contributed by atoms with Crippen LogP contribution in [0.25, 0.3) is 0 Å². The van der Waals surface area contributed by atoms with Gasteiger partial charge >= 0.3 is 5.97 Å². The lowest BCUT2D eigenvalue weighted by molar-refractivity contribution is -0.137. The Morgan fingerprint density at radius 1 is 1.32 bits per heavy atom. The molecule has 2 aromatic heterocycles. The number of carboxylic acid groups (broad SMARTS) is 1. The number of aliphatic carboxylic acids is 1. The first-order valence-electron chi connectivity index (χ1n) is 10.5. The molecule has 0 aliphatic carbocycles. The third-order valence-corrected chi connectivity index (χ3v) is 7.16. The van der Waals surface area contributed by atoms with Gasteiger partial charge in [0.15, 0.2) is 5.82 Å². The van der Waals surface area contributed by atoms with E-state index in [-0.39, 0.29) is 28.9 Å². The van der Waals surface area contributed by atoms with E-state index in [9.17, 15) is 9.59 Å². The van der Waals surface area contributed by atoms with Gasteiger partial charge in [0.2, 0.25) is 0 Å². The molecule has 2 aliphatic rings. The average Bonchev–Trinajstić information content (AvgIpc) is 3.14. The normalized spacial score (nSPS) is 22.8. The Morgan fingerprint density at radius 2 is 2.06 bits per heavy atom. The van der Waals surface area contributed by atoms with Crippen LogP contribution in [0.1, 0.15) is 73.8 Å². The predicted octanol–water partition coefficient (Wildman–Crippen LogP) is 3.48. The van der Waals surface area contributed by atoms with Crippen LogP contribution in [-0.2, 0) is 16.1 Å². The van der Waals surface area contributed by atoms with Crippen LogP contribution in [0.4, 0.5) is 5.82 Å². The summed E-state index contributed by atoms with van der Waals surface area (Å²) in [6.07, 6.45) is 1.61. The van der Waals surface area contributed by atoms with Crippen molar-refractivity contribution in [2.45, 2.75) is 77.3 Å².